The molecule has 2 aromatic rings. The number of hydrogen-bond donors (Lipinski definition) is 1. The molecular formula is C13H7Cl2NO5. The van der Waals surface area contributed by atoms with E-state index < -0.39 is 10.9 Å². The number of rotatable bonds is 4. The van der Waals surface area contributed by atoms with Crippen LogP contribution in [0.3, 0.4) is 0 Å². The number of nitro benzene ring substituents is 1. The molecule has 0 heterocycles. The van der Waals surface area contributed by atoms with E-state index in [2.05, 4.69) is 0 Å². The number of benzene rings is 2. The molecule has 0 fully saturated rings. The molecule has 2 rings (SSSR count). The van der Waals surface area contributed by atoms with Crippen LogP contribution in [0, 0.1) is 10.1 Å². The highest BCUT2D eigenvalue weighted by molar-refractivity contribution is 6.32. The maximum atomic E-state index is 11.1. The molecular weight excluding hydrogens is 321 g/mol. The molecule has 0 saturated carbocycles. The number of ether oxygens (including phenoxy) is 1. The number of aromatic carboxylic acids is 1. The first-order valence-electron chi connectivity index (χ1n) is 5.53. The van der Waals surface area contributed by atoms with E-state index >= 15 is 0 Å². The summed E-state index contributed by atoms with van der Waals surface area (Å²) in [7, 11) is 0. The Morgan fingerprint density at radius 1 is 1.24 bits per heavy atom. The summed E-state index contributed by atoms with van der Waals surface area (Å²) < 4.78 is 5.34. The number of nitrogens with zero attached hydrogens (tertiary/aromatic N) is 1. The first-order chi connectivity index (χ1) is 9.90. The van der Waals surface area contributed by atoms with Crippen molar-refractivity contribution < 1.29 is 19.6 Å². The molecule has 108 valence electrons. The van der Waals surface area contributed by atoms with Gasteiger partial charge in [-0.25, -0.2) is 4.79 Å². The predicted molar refractivity (Wildman–Crippen MR) is 76.6 cm³/mol. The number of halogens is 2. The van der Waals surface area contributed by atoms with Gasteiger partial charge in [0.15, 0.2) is 0 Å². The fraction of sp³-hybridized carbons (Fsp3) is 0. The van der Waals surface area contributed by atoms with Gasteiger partial charge < -0.3 is 9.84 Å². The van der Waals surface area contributed by atoms with Gasteiger partial charge in [0, 0.05) is 17.2 Å². The Morgan fingerprint density at radius 2 is 1.95 bits per heavy atom. The van der Waals surface area contributed by atoms with Crippen molar-refractivity contribution in [3.8, 4) is 11.5 Å². The Kier molecular flexibility index (Phi) is 4.30. The summed E-state index contributed by atoms with van der Waals surface area (Å²) in [6, 6.07) is 7.85. The van der Waals surface area contributed by atoms with Crippen LogP contribution < -0.4 is 4.74 Å². The lowest BCUT2D eigenvalue weighted by Gasteiger charge is -2.10. The summed E-state index contributed by atoms with van der Waals surface area (Å²) in [5.74, 6) is -1.63. The molecule has 1 N–H and O–H groups in total. The lowest BCUT2D eigenvalue weighted by atomic mass is 10.2. The Labute approximate surface area is 128 Å². The van der Waals surface area contributed by atoms with Crippen molar-refractivity contribution in [2.75, 3.05) is 0 Å². The molecule has 0 saturated heterocycles. The molecule has 2 aromatic carbocycles. The van der Waals surface area contributed by atoms with Crippen molar-refractivity contribution in [2.24, 2.45) is 0 Å². The molecule has 0 aromatic heterocycles. The molecule has 0 radical (unpaired) electrons. The molecule has 0 unspecified atom stereocenters. The van der Waals surface area contributed by atoms with E-state index in [-0.39, 0.29) is 32.8 Å². The third-order valence-corrected chi connectivity index (χ3v) is 3.06. The Balaban J connectivity index is 2.55. The van der Waals surface area contributed by atoms with Crippen LogP contribution in [0.15, 0.2) is 36.4 Å². The third-order valence-electron chi connectivity index (χ3n) is 2.53. The van der Waals surface area contributed by atoms with Crippen molar-refractivity contribution in [3.05, 3.63) is 62.1 Å². The van der Waals surface area contributed by atoms with E-state index in [9.17, 15) is 14.9 Å². The second kappa shape index (κ2) is 5.99. The second-order valence-corrected chi connectivity index (χ2v) is 4.74. The monoisotopic (exact) mass is 327 g/mol. The molecule has 0 aliphatic heterocycles. The van der Waals surface area contributed by atoms with Crippen molar-refractivity contribution in [2.45, 2.75) is 0 Å². The van der Waals surface area contributed by atoms with E-state index in [0.29, 0.717) is 0 Å². The zero-order chi connectivity index (χ0) is 15.6. The third kappa shape index (κ3) is 3.24. The maximum Gasteiger partial charge on any atom is 0.339 e. The number of carboxylic acid groups (broad SMARTS) is 1. The molecule has 0 aliphatic rings. The van der Waals surface area contributed by atoms with Gasteiger partial charge in [-0.3, -0.25) is 10.1 Å². The highest BCUT2D eigenvalue weighted by Crippen LogP contribution is 2.39. The van der Waals surface area contributed by atoms with Crippen molar-refractivity contribution in [1.29, 1.82) is 0 Å². The van der Waals surface area contributed by atoms with Crippen LogP contribution in [0.25, 0.3) is 0 Å². The van der Waals surface area contributed by atoms with Gasteiger partial charge in [-0.1, -0.05) is 29.3 Å². The van der Waals surface area contributed by atoms with Crippen LogP contribution in [0.4, 0.5) is 5.69 Å². The average Bonchev–Trinajstić information content (AvgIpc) is 2.40. The lowest BCUT2D eigenvalue weighted by molar-refractivity contribution is -0.385. The number of hydrogen-bond acceptors (Lipinski definition) is 4. The summed E-state index contributed by atoms with van der Waals surface area (Å²) in [5.41, 5.74) is -0.563. The molecule has 0 amide bonds. The fourth-order valence-electron chi connectivity index (χ4n) is 1.61. The van der Waals surface area contributed by atoms with Gasteiger partial charge >= 0.3 is 11.7 Å². The van der Waals surface area contributed by atoms with Crippen LogP contribution in [0.2, 0.25) is 10.0 Å². The summed E-state index contributed by atoms with van der Waals surface area (Å²) in [6.45, 7) is 0. The Bertz CT molecular complexity index is 732. The average molecular weight is 328 g/mol. The minimum atomic E-state index is -1.25. The van der Waals surface area contributed by atoms with Crippen LogP contribution in [-0.4, -0.2) is 16.0 Å². The molecule has 21 heavy (non-hydrogen) atoms. The zero-order valence-corrected chi connectivity index (χ0v) is 11.8. The van der Waals surface area contributed by atoms with E-state index in [1.165, 1.54) is 36.4 Å². The lowest BCUT2D eigenvalue weighted by Crippen LogP contribution is -2.01. The Hall–Kier alpha value is -2.31. The van der Waals surface area contributed by atoms with Crippen LogP contribution in [0.1, 0.15) is 10.4 Å². The molecule has 0 spiro atoms. The van der Waals surface area contributed by atoms with Gasteiger partial charge in [0.2, 0.25) is 5.75 Å². The minimum Gasteiger partial charge on any atom is -0.478 e. The molecule has 0 bridgehead atoms. The van der Waals surface area contributed by atoms with Gasteiger partial charge in [-0.05, 0) is 18.2 Å². The summed E-state index contributed by atoms with van der Waals surface area (Å²) in [5, 5.41) is 20.3. The summed E-state index contributed by atoms with van der Waals surface area (Å²) in [6.07, 6.45) is 0. The predicted octanol–water partition coefficient (Wildman–Crippen LogP) is 4.39. The highest BCUT2D eigenvalue weighted by Gasteiger charge is 2.21. The topological polar surface area (TPSA) is 89.7 Å². The van der Waals surface area contributed by atoms with E-state index in [1.807, 2.05) is 0 Å². The normalized spacial score (nSPS) is 10.2. The van der Waals surface area contributed by atoms with Crippen molar-refractivity contribution in [1.82, 2.24) is 0 Å². The second-order valence-electron chi connectivity index (χ2n) is 3.89. The van der Waals surface area contributed by atoms with Gasteiger partial charge in [-0.15, -0.1) is 0 Å². The smallest absolute Gasteiger partial charge is 0.339 e. The quantitative estimate of drug-likeness (QED) is 0.664. The van der Waals surface area contributed by atoms with E-state index in [1.54, 1.807) is 0 Å². The minimum absolute atomic E-state index is 0.0134. The van der Waals surface area contributed by atoms with Gasteiger partial charge in [0.05, 0.1) is 9.95 Å². The zero-order valence-electron chi connectivity index (χ0n) is 10.2. The number of para-hydroxylation sites is 1. The standard InChI is InChI=1S/C13H7Cl2NO5/c14-7-4-5-8(13(17)18)11(6-7)21-12-9(15)2-1-3-10(12)16(19)20/h1-6H,(H,17,18). The molecule has 6 nitrogen and oxygen atoms in total. The van der Waals surface area contributed by atoms with Gasteiger partial charge in [0.25, 0.3) is 0 Å². The fourth-order valence-corrected chi connectivity index (χ4v) is 1.98. The van der Waals surface area contributed by atoms with Crippen molar-refractivity contribution in [3.63, 3.8) is 0 Å². The Morgan fingerprint density at radius 3 is 2.57 bits per heavy atom. The van der Waals surface area contributed by atoms with Crippen molar-refractivity contribution >= 4 is 34.9 Å². The number of carbonyl (C=O) groups is 1. The van der Waals surface area contributed by atoms with Gasteiger partial charge in [-0.2, -0.15) is 0 Å². The molecule has 0 atom stereocenters. The summed E-state index contributed by atoms with van der Waals surface area (Å²) in [4.78, 5) is 21.4. The largest absolute Gasteiger partial charge is 0.478 e. The van der Waals surface area contributed by atoms with Gasteiger partial charge in [0.1, 0.15) is 11.3 Å². The first kappa shape index (κ1) is 15.1. The SMILES string of the molecule is O=C(O)c1ccc(Cl)cc1Oc1c(Cl)cccc1[N+](=O)[O-]. The maximum absolute atomic E-state index is 11.1. The molecule has 0 aliphatic carbocycles. The highest BCUT2D eigenvalue weighted by atomic mass is 35.5. The number of nitro groups is 1. The summed E-state index contributed by atoms with van der Waals surface area (Å²) >= 11 is 11.7. The van der Waals surface area contributed by atoms with Crippen LogP contribution in [0.5, 0.6) is 11.5 Å². The van der Waals surface area contributed by atoms with E-state index in [0.717, 1.165) is 0 Å². The number of carboxylic acids is 1. The van der Waals surface area contributed by atoms with Crippen LogP contribution >= 0.6 is 23.2 Å². The van der Waals surface area contributed by atoms with E-state index in [4.69, 9.17) is 33.0 Å². The molecule has 8 heteroatoms. The first-order valence-corrected chi connectivity index (χ1v) is 6.29. The van der Waals surface area contributed by atoms with Crippen LogP contribution in [-0.2, 0) is 0 Å².